The Kier molecular flexibility index (Phi) is 16.5. The molecule has 0 spiro atoms. The van der Waals surface area contributed by atoms with Gasteiger partial charge in [0.15, 0.2) is 0 Å². The van der Waals surface area contributed by atoms with Gasteiger partial charge in [-0.15, -0.1) is 0 Å². The van der Waals surface area contributed by atoms with Gasteiger partial charge in [0.2, 0.25) is 0 Å². The van der Waals surface area contributed by atoms with Crippen LogP contribution in [0.5, 0.6) is 0 Å². The summed E-state index contributed by atoms with van der Waals surface area (Å²) in [5.41, 5.74) is 12.8. The van der Waals surface area contributed by atoms with Gasteiger partial charge in [0, 0.05) is 19.8 Å². The molecule has 298 valence electrons. The fourth-order valence-corrected chi connectivity index (χ4v) is 11.9. The van der Waals surface area contributed by atoms with Gasteiger partial charge in [-0.05, 0) is 130 Å². The van der Waals surface area contributed by atoms with E-state index >= 15 is 0 Å². The molecular weight excluding hydrogens is 784 g/mol. The van der Waals surface area contributed by atoms with E-state index in [4.69, 9.17) is 0 Å². The minimum Gasteiger partial charge on any atom is -0.0654 e. The summed E-state index contributed by atoms with van der Waals surface area (Å²) in [5, 5.41) is 0. The molecule has 5 rings (SSSR count). The minimum absolute atomic E-state index is 0.0350. The molecule has 3 aromatic rings. The maximum atomic E-state index is 4.02. The summed E-state index contributed by atoms with van der Waals surface area (Å²) in [6, 6.07) is 20.4. The summed E-state index contributed by atoms with van der Waals surface area (Å²) in [6.07, 6.45) is 26.0. The number of rotatable bonds is 24. The topological polar surface area (TPSA) is 0 Å². The lowest BCUT2D eigenvalue weighted by atomic mass is 9.63. The van der Waals surface area contributed by atoms with Gasteiger partial charge in [-0.1, -0.05) is 202 Å². The summed E-state index contributed by atoms with van der Waals surface area (Å²) in [5.74, 6) is 2.93. The molecule has 0 heterocycles. The van der Waals surface area contributed by atoms with Crippen LogP contribution < -0.4 is 0 Å². The van der Waals surface area contributed by atoms with E-state index in [0.717, 1.165) is 23.7 Å². The molecule has 0 aromatic heterocycles. The van der Waals surface area contributed by atoms with Crippen LogP contribution in [0.25, 0.3) is 22.3 Å². The second-order valence-corrected chi connectivity index (χ2v) is 19.8. The largest absolute Gasteiger partial charge is 0.0654 e. The van der Waals surface area contributed by atoms with Gasteiger partial charge < -0.3 is 0 Å². The Morgan fingerprint density at radius 2 is 0.667 bits per heavy atom. The van der Waals surface area contributed by atoms with Crippen molar-refractivity contribution in [3.05, 3.63) is 79.7 Å². The van der Waals surface area contributed by atoms with E-state index in [1.165, 1.54) is 148 Å². The lowest BCUT2D eigenvalue weighted by Crippen LogP contribution is -2.32. The normalized spacial score (nSPS) is 20.6. The summed E-state index contributed by atoms with van der Waals surface area (Å²) >= 11 is 8.04. The molecule has 4 atom stereocenters. The fourth-order valence-electron chi connectivity index (χ4n) is 11.2. The van der Waals surface area contributed by atoms with E-state index in [1.54, 1.807) is 33.4 Å². The highest BCUT2D eigenvalue weighted by molar-refractivity contribution is 9.10. The van der Waals surface area contributed by atoms with E-state index in [-0.39, 0.29) is 10.8 Å². The second-order valence-electron chi connectivity index (χ2n) is 18.0. The van der Waals surface area contributed by atoms with Crippen molar-refractivity contribution in [2.75, 3.05) is 0 Å². The Hall–Kier alpha value is -1.38. The monoisotopic (exact) mass is 858 g/mol. The van der Waals surface area contributed by atoms with Crippen LogP contribution >= 0.6 is 31.9 Å². The lowest BCUT2D eigenvalue weighted by molar-refractivity contribution is 0.264. The molecule has 0 aliphatic heterocycles. The standard InChI is InChI=1S/C52H76Br2/c1-9-17-21-37(13-5)33-51(34-38(14-6)22-18-10-2)47-29-41(53)25-27-43(47)45-32-50-46(31-49(45)51)44-28-26-42(54)30-48(44)52(50,35-39(15-7)23-19-11-3)36-40(16-8)24-20-12-4/h25-32,37-40H,9-24,33-36H2,1-8H3. The van der Waals surface area contributed by atoms with Crippen molar-refractivity contribution in [2.45, 2.75) is 195 Å². The first-order chi connectivity index (χ1) is 26.2. The first-order valence-corrected chi connectivity index (χ1v) is 24.6. The van der Waals surface area contributed by atoms with Crippen molar-refractivity contribution in [3.63, 3.8) is 0 Å². The second kappa shape index (κ2) is 20.4. The number of unbranched alkanes of at least 4 members (excludes halogenated alkanes) is 4. The Bertz CT molecular complexity index is 1470. The van der Waals surface area contributed by atoms with Gasteiger partial charge in [0.1, 0.15) is 0 Å². The van der Waals surface area contributed by atoms with Crippen molar-refractivity contribution >= 4 is 31.9 Å². The Balaban J connectivity index is 1.83. The van der Waals surface area contributed by atoms with Crippen molar-refractivity contribution < 1.29 is 0 Å². The number of halogens is 2. The first kappa shape index (κ1) is 43.7. The smallest absolute Gasteiger partial charge is 0.0221 e. The molecule has 0 amide bonds. The number of fused-ring (bicyclic) bond motifs is 6. The van der Waals surface area contributed by atoms with E-state index in [0.29, 0.717) is 0 Å². The molecule has 0 N–H and O–H groups in total. The van der Waals surface area contributed by atoms with Crippen LogP contribution in [0.1, 0.15) is 206 Å². The molecule has 0 nitrogen and oxygen atoms in total. The number of hydrogen-bond acceptors (Lipinski definition) is 0. The van der Waals surface area contributed by atoms with Crippen molar-refractivity contribution in [3.8, 4) is 22.3 Å². The molecule has 2 aliphatic carbocycles. The molecule has 0 saturated heterocycles. The van der Waals surface area contributed by atoms with E-state index in [1.807, 2.05) is 0 Å². The van der Waals surface area contributed by atoms with Gasteiger partial charge >= 0.3 is 0 Å². The molecule has 0 fully saturated rings. The highest BCUT2D eigenvalue weighted by Crippen LogP contribution is 2.63. The third kappa shape index (κ3) is 9.16. The molecule has 54 heavy (non-hydrogen) atoms. The van der Waals surface area contributed by atoms with Crippen LogP contribution in [0, 0.1) is 23.7 Å². The summed E-state index contributed by atoms with van der Waals surface area (Å²) in [6.45, 7) is 19.4. The van der Waals surface area contributed by atoms with Crippen LogP contribution in [-0.2, 0) is 10.8 Å². The van der Waals surface area contributed by atoms with Gasteiger partial charge in [0.25, 0.3) is 0 Å². The van der Waals surface area contributed by atoms with E-state index in [2.05, 4.69) is 136 Å². The maximum Gasteiger partial charge on any atom is 0.0221 e. The van der Waals surface area contributed by atoms with Crippen molar-refractivity contribution in [1.29, 1.82) is 0 Å². The van der Waals surface area contributed by atoms with Gasteiger partial charge in [-0.2, -0.15) is 0 Å². The number of hydrogen-bond donors (Lipinski definition) is 0. The quantitative estimate of drug-likeness (QED) is 0.0842. The van der Waals surface area contributed by atoms with E-state index < -0.39 is 0 Å². The Morgan fingerprint density at radius 1 is 0.389 bits per heavy atom. The predicted octanol–water partition coefficient (Wildman–Crippen LogP) is 18.2. The summed E-state index contributed by atoms with van der Waals surface area (Å²) in [4.78, 5) is 0. The van der Waals surface area contributed by atoms with Crippen LogP contribution in [0.4, 0.5) is 0 Å². The van der Waals surface area contributed by atoms with Gasteiger partial charge in [-0.25, -0.2) is 0 Å². The van der Waals surface area contributed by atoms with Gasteiger partial charge in [-0.3, -0.25) is 0 Å². The fraction of sp³-hybridized carbons (Fsp3) is 0.654. The van der Waals surface area contributed by atoms with Crippen LogP contribution in [0.15, 0.2) is 57.5 Å². The molecule has 2 heteroatoms. The third-order valence-electron chi connectivity index (χ3n) is 14.5. The molecule has 3 aromatic carbocycles. The molecule has 2 aliphatic rings. The lowest BCUT2D eigenvalue weighted by Gasteiger charge is -2.40. The zero-order chi connectivity index (χ0) is 38.9. The average Bonchev–Trinajstić information content (AvgIpc) is 3.58. The van der Waals surface area contributed by atoms with Crippen molar-refractivity contribution in [2.24, 2.45) is 23.7 Å². The highest BCUT2D eigenvalue weighted by atomic mass is 79.9. The highest BCUT2D eigenvalue weighted by Gasteiger charge is 2.50. The van der Waals surface area contributed by atoms with Crippen LogP contribution in [0.3, 0.4) is 0 Å². The molecule has 0 radical (unpaired) electrons. The molecule has 0 bridgehead atoms. The first-order valence-electron chi connectivity index (χ1n) is 23.0. The average molecular weight is 861 g/mol. The van der Waals surface area contributed by atoms with Crippen molar-refractivity contribution in [1.82, 2.24) is 0 Å². The maximum absolute atomic E-state index is 4.02. The number of benzene rings is 3. The Morgan fingerprint density at radius 3 is 0.926 bits per heavy atom. The third-order valence-corrected chi connectivity index (χ3v) is 15.5. The summed E-state index contributed by atoms with van der Waals surface area (Å²) in [7, 11) is 0. The SMILES string of the molecule is CCCCC(CC)CC1(CC(CC)CCCC)c2cc(Br)ccc2-c2cc3c(cc21)-c1ccc(Br)cc1C3(CC(CC)CCCC)CC(CC)CCCC. The molecular formula is C52H76Br2. The zero-order valence-corrected chi connectivity index (χ0v) is 39.0. The van der Waals surface area contributed by atoms with Gasteiger partial charge in [0.05, 0.1) is 0 Å². The predicted molar refractivity (Wildman–Crippen MR) is 246 cm³/mol. The summed E-state index contributed by atoms with van der Waals surface area (Å²) < 4.78 is 2.48. The Labute approximate surface area is 350 Å². The molecule has 0 saturated carbocycles. The molecule has 4 unspecified atom stereocenters. The minimum atomic E-state index is 0.0350. The zero-order valence-electron chi connectivity index (χ0n) is 35.8. The van der Waals surface area contributed by atoms with Crippen LogP contribution in [-0.4, -0.2) is 0 Å². The van der Waals surface area contributed by atoms with Crippen LogP contribution in [0.2, 0.25) is 0 Å². The van der Waals surface area contributed by atoms with E-state index in [9.17, 15) is 0 Å².